The van der Waals surface area contributed by atoms with Crippen LogP contribution in [-0.4, -0.2) is 38.5 Å². The lowest BCUT2D eigenvalue weighted by Crippen LogP contribution is -2.14. The van der Waals surface area contributed by atoms with Crippen LogP contribution in [0.2, 0.25) is 0 Å². The van der Waals surface area contributed by atoms with Crippen LogP contribution in [-0.2, 0) is 4.79 Å². The van der Waals surface area contributed by atoms with E-state index in [-0.39, 0.29) is 11.7 Å². The van der Waals surface area contributed by atoms with E-state index in [4.69, 9.17) is 4.74 Å². The first-order chi connectivity index (χ1) is 15.2. The van der Waals surface area contributed by atoms with E-state index >= 15 is 0 Å². The number of methoxy groups -OCH3 is 1. The number of nitrogens with one attached hydrogen (secondary N) is 1. The van der Waals surface area contributed by atoms with E-state index in [0.29, 0.717) is 16.7 Å². The van der Waals surface area contributed by atoms with Crippen molar-refractivity contribution in [2.24, 2.45) is 0 Å². The van der Waals surface area contributed by atoms with Crippen molar-refractivity contribution in [2.45, 2.75) is 12.1 Å². The fourth-order valence-corrected chi connectivity index (χ4v) is 3.88. The van der Waals surface area contributed by atoms with E-state index in [1.807, 2.05) is 72.2 Å². The molecule has 7 nitrogen and oxygen atoms in total. The molecule has 1 amide bonds. The number of aryl methyl sites for hydroxylation is 1. The predicted molar refractivity (Wildman–Crippen MR) is 122 cm³/mol. The van der Waals surface area contributed by atoms with Gasteiger partial charge in [0.05, 0.1) is 18.6 Å². The number of aromatic nitrogens is 4. The van der Waals surface area contributed by atoms with Crippen molar-refractivity contribution in [3.8, 4) is 22.8 Å². The van der Waals surface area contributed by atoms with Gasteiger partial charge in [0.15, 0.2) is 11.0 Å². The Balaban J connectivity index is 1.63. The molecule has 1 N–H and O–H groups in total. The summed E-state index contributed by atoms with van der Waals surface area (Å²) in [6.07, 6.45) is 3.41. The molecule has 0 bridgehead atoms. The Kier molecular flexibility index (Phi) is 6.28. The van der Waals surface area contributed by atoms with Gasteiger partial charge in [0, 0.05) is 23.6 Å². The number of amides is 1. The second-order valence-electron chi connectivity index (χ2n) is 6.76. The van der Waals surface area contributed by atoms with Crippen molar-refractivity contribution < 1.29 is 9.53 Å². The number of carbonyl (C=O) groups is 1. The van der Waals surface area contributed by atoms with Crippen molar-refractivity contribution in [1.82, 2.24) is 19.7 Å². The number of hydrogen-bond donors (Lipinski definition) is 1. The minimum absolute atomic E-state index is 0.115. The van der Waals surface area contributed by atoms with Crippen molar-refractivity contribution >= 4 is 23.4 Å². The fraction of sp³-hybridized carbons (Fsp3) is 0.130. The molecule has 156 valence electrons. The number of benzene rings is 2. The normalized spacial score (nSPS) is 10.6. The number of para-hydroxylation sites is 2. The third kappa shape index (κ3) is 4.75. The van der Waals surface area contributed by atoms with Gasteiger partial charge < -0.3 is 10.1 Å². The average molecular weight is 432 g/mol. The number of carbonyl (C=O) groups excluding carboxylic acids is 1. The van der Waals surface area contributed by atoms with Gasteiger partial charge in [-0.15, -0.1) is 10.2 Å². The van der Waals surface area contributed by atoms with Crippen molar-refractivity contribution in [3.63, 3.8) is 0 Å². The molecule has 0 aliphatic carbocycles. The number of nitrogens with zero attached hydrogens (tertiary/aromatic N) is 4. The molecule has 0 unspecified atom stereocenters. The molecule has 4 rings (SSSR count). The van der Waals surface area contributed by atoms with Crippen LogP contribution in [0, 0.1) is 6.92 Å². The lowest BCUT2D eigenvalue weighted by atomic mass is 10.2. The SMILES string of the molecule is COc1ccccc1-n1c(SCC(=O)Nc2cccc(C)c2)nnc1-c1ccncc1. The van der Waals surface area contributed by atoms with Gasteiger partial charge in [0.1, 0.15) is 5.75 Å². The zero-order chi connectivity index (χ0) is 21.6. The Bertz CT molecular complexity index is 1190. The smallest absolute Gasteiger partial charge is 0.234 e. The van der Waals surface area contributed by atoms with Crippen LogP contribution in [0.3, 0.4) is 0 Å². The summed E-state index contributed by atoms with van der Waals surface area (Å²) in [6, 6.07) is 19.1. The highest BCUT2D eigenvalue weighted by molar-refractivity contribution is 7.99. The monoisotopic (exact) mass is 431 g/mol. The summed E-state index contributed by atoms with van der Waals surface area (Å²) in [7, 11) is 1.62. The van der Waals surface area contributed by atoms with Crippen LogP contribution < -0.4 is 10.1 Å². The van der Waals surface area contributed by atoms with Crippen LogP contribution in [0.5, 0.6) is 5.75 Å². The summed E-state index contributed by atoms with van der Waals surface area (Å²) in [5, 5.41) is 12.3. The summed E-state index contributed by atoms with van der Waals surface area (Å²) in [5.74, 6) is 1.41. The van der Waals surface area contributed by atoms with Crippen LogP contribution in [0.1, 0.15) is 5.56 Å². The molecule has 0 aliphatic rings. The molecular formula is C23H21N5O2S. The fourth-order valence-electron chi connectivity index (χ4n) is 3.13. The number of anilines is 1. The lowest BCUT2D eigenvalue weighted by Gasteiger charge is -2.13. The maximum absolute atomic E-state index is 12.5. The molecule has 8 heteroatoms. The van der Waals surface area contributed by atoms with E-state index < -0.39 is 0 Å². The maximum Gasteiger partial charge on any atom is 0.234 e. The first kappa shape index (κ1) is 20.6. The number of thioether (sulfide) groups is 1. The molecule has 0 fully saturated rings. The standard InChI is InChI=1S/C23H21N5O2S/c1-16-6-5-7-18(14-16)25-21(29)15-31-23-27-26-22(17-10-12-24-13-11-17)28(23)19-8-3-4-9-20(19)30-2/h3-14H,15H2,1-2H3,(H,25,29). The Morgan fingerprint density at radius 1 is 1.06 bits per heavy atom. The Labute approximate surface area is 184 Å². The van der Waals surface area contributed by atoms with Gasteiger partial charge in [-0.2, -0.15) is 0 Å². The number of rotatable bonds is 7. The Morgan fingerprint density at radius 2 is 1.87 bits per heavy atom. The Hall–Kier alpha value is -3.65. The van der Waals surface area contributed by atoms with Crippen molar-refractivity contribution in [1.29, 1.82) is 0 Å². The quantitative estimate of drug-likeness (QED) is 0.438. The highest BCUT2D eigenvalue weighted by Crippen LogP contribution is 2.32. The third-order valence-corrected chi connectivity index (χ3v) is 5.46. The molecule has 4 aromatic rings. The highest BCUT2D eigenvalue weighted by atomic mass is 32.2. The molecule has 0 aliphatic heterocycles. The molecule has 0 spiro atoms. The molecule has 0 saturated carbocycles. The summed E-state index contributed by atoms with van der Waals surface area (Å²) in [4.78, 5) is 16.6. The topological polar surface area (TPSA) is 81.9 Å². The van der Waals surface area contributed by atoms with Crippen molar-refractivity contribution in [3.05, 3.63) is 78.6 Å². The molecule has 2 aromatic heterocycles. The van der Waals surface area contributed by atoms with Gasteiger partial charge in [0.2, 0.25) is 5.91 Å². The van der Waals surface area contributed by atoms with Crippen molar-refractivity contribution in [2.75, 3.05) is 18.2 Å². The number of hydrogen-bond acceptors (Lipinski definition) is 6. The molecule has 0 saturated heterocycles. The minimum Gasteiger partial charge on any atom is -0.495 e. The summed E-state index contributed by atoms with van der Waals surface area (Å²) >= 11 is 1.31. The maximum atomic E-state index is 12.5. The van der Waals surface area contributed by atoms with Gasteiger partial charge in [-0.05, 0) is 48.9 Å². The first-order valence-corrected chi connectivity index (χ1v) is 10.6. The number of pyridine rings is 1. The van der Waals surface area contributed by atoms with E-state index in [0.717, 1.165) is 22.5 Å². The molecule has 0 atom stereocenters. The Morgan fingerprint density at radius 3 is 2.65 bits per heavy atom. The number of ether oxygens (including phenoxy) is 1. The molecular weight excluding hydrogens is 410 g/mol. The van der Waals surface area contributed by atoms with E-state index in [1.165, 1.54) is 11.8 Å². The average Bonchev–Trinajstić information content (AvgIpc) is 3.22. The van der Waals surface area contributed by atoms with E-state index in [9.17, 15) is 4.79 Å². The second-order valence-corrected chi connectivity index (χ2v) is 7.70. The summed E-state index contributed by atoms with van der Waals surface area (Å²) in [5.41, 5.74) is 3.52. The minimum atomic E-state index is -0.115. The van der Waals surface area contributed by atoms with Crippen LogP contribution in [0.4, 0.5) is 5.69 Å². The molecule has 0 radical (unpaired) electrons. The molecule has 2 heterocycles. The van der Waals surface area contributed by atoms with Crippen LogP contribution in [0.25, 0.3) is 17.1 Å². The van der Waals surface area contributed by atoms with Gasteiger partial charge in [-0.25, -0.2) is 0 Å². The zero-order valence-corrected chi connectivity index (χ0v) is 18.0. The second kappa shape index (κ2) is 9.44. The third-order valence-electron chi connectivity index (χ3n) is 4.53. The summed E-state index contributed by atoms with van der Waals surface area (Å²) in [6.45, 7) is 1.99. The van der Waals surface area contributed by atoms with Crippen LogP contribution in [0.15, 0.2) is 78.2 Å². The van der Waals surface area contributed by atoms with E-state index in [2.05, 4.69) is 20.5 Å². The highest BCUT2D eigenvalue weighted by Gasteiger charge is 2.19. The predicted octanol–water partition coefficient (Wildman–Crippen LogP) is 4.38. The summed E-state index contributed by atoms with van der Waals surface area (Å²) < 4.78 is 7.46. The van der Waals surface area contributed by atoms with Crippen LogP contribution >= 0.6 is 11.8 Å². The van der Waals surface area contributed by atoms with Gasteiger partial charge in [-0.1, -0.05) is 36.0 Å². The largest absolute Gasteiger partial charge is 0.495 e. The van der Waals surface area contributed by atoms with E-state index in [1.54, 1.807) is 19.5 Å². The zero-order valence-electron chi connectivity index (χ0n) is 17.1. The molecule has 2 aromatic carbocycles. The van der Waals surface area contributed by atoms with Gasteiger partial charge >= 0.3 is 0 Å². The van der Waals surface area contributed by atoms with Gasteiger partial charge in [0.25, 0.3) is 0 Å². The molecule has 31 heavy (non-hydrogen) atoms. The lowest BCUT2D eigenvalue weighted by molar-refractivity contribution is -0.113. The van der Waals surface area contributed by atoms with Gasteiger partial charge in [-0.3, -0.25) is 14.3 Å². The first-order valence-electron chi connectivity index (χ1n) is 9.64.